The number of halogens is 2. The van der Waals surface area contributed by atoms with Gasteiger partial charge >= 0.3 is 5.69 Å². The number of hydrogen-bond donors (Lipinski definition) is 1. The number of benzene rings is 1. The summed E-state index contributed by atoms with van der Waals surface area (Å²) in [6, 6.07) is 3.70. The lowest BCUT2D eigenvalue weighted by molar-refractivity contribution is -0.385. The van der Waals surface area contributed by atoms with E-state index in [1.165, 1.54) is 6.92 Å². The predicted molar refractivity (Wildman–Crippen MR) is 68.0 cm³/mol. The molecule has 1 aromatic heterocycles. The molecule has 20 heavy (non-hydrogen) atoms. The molecule has 5 nitrogen and oxygen atoms in total. The van der Waals surface area contributed by atoms with Gasteiger partial charge in [-0.05, 0) is 19.1 Å². The van der Waals surface area contributed by atoms with Crippen molar-refractivity contribution in [2.45, 2.75) is 13.0 Å². The number of aliphatic hydroxyl groups is 1. The van der Waals surface area contributed by atoms with Crippen LogP contribution in [0.4, 0.5) is 14.5 Å². The van der Waals surface area contributed by atoms with Crippen molar-refractivity contribution in [3.05, 3.63) is 50.9 Å². The first kappa shape index (κ1) is 14.4. The van der Waals surface area contributed by atoms with E-state index in [9.17, 15) is 24.0 Å². The Morgan fingerprint density at radius 3 is 2.70 bits per heavy atom. The molecule has 1 atom stereocenters. The predicted octanol–water partition coefficient (Wildman–Crippen LogP) is 3.78. The van der Waals surface area contributed by atoms with Crippen LogP contribution in [0.15, 0.2) is 24.3 Å². The van der Waals surface area contributed by atoms with E-state index in [4.69, 9.17) is 4.74 Å². The van der Waals surface area contributed by atoms with Gasteiger partial charge in [-0.25, -0.2) is 8.78 Å². The van der Waals surface area contributed by atoms with Gasteiger partial charge in [0.05, 0.1) is 11.0 Å². The first-order valence-corrected chi connectivity index (χ1v) is 6.29. The van der Waals surface area contributed by atoms with Crippen LogP contribution in [0.3, 0.4) is 0 Å². The van der Waals surface area contributed by atoms with E-state index in [0.717, 1.165) is 35.6 Å². The Hall–Kier alpha value is -2.06. The van der Waals surface area contributed by atoms with E-state index in [0.29, 0.717) is 4.88 Å². The normalized spacial score (nSPS) is 12.2. The first-order chi connectivity index (χ1) is 9.38. The van der Waals surface area contributed by atoms with Gasteiger partial charge < -0.3 is 9.84 Å². The van der Waals surface area contributed by atoms with Gasteiger partial charge in [-0.1, -0.05) is 11.3 Å². The van der Waals surface area contributed by atoms with Gasteiger partial charge in [0, 0.05) is 17.0 Å². The molecule has 0 bridgehead atoms. The maximum Gasteiger partial charge on any atom is 0.323 e. The van der Waals surface area contributed by atoms with Crippen LogP contribution in [-0.2, 0) is 0 Å². The van der Waals surface area contributed by atoms with E-state index in [2.05, 4.69) is 0 Å². The van der Waals surface area contributed by atoms with Gasteiger partial charge in [-0.15, -0.1) is 0 Å². The smallest absolute Gasteiger partial charge is 0.323 e. The molecule has 0 radical (unpaired) electrons. The highest BCUT2D eigenvalue weighted by Gasteiger charge is 2.24. The van der Waals surface area contributed by atoms with Crippen LogP contribution >= 0.6 is 11.3 Å². The molecule has 0 aliphatic carbocycles. The van der Waals surface area contributed by atoms with Crippen molar-refractivity contribution >= 4 is 17.0 Å². The van der Waals surface area contributed by atoms with Crippen LogP contribution in [-0.4, -0.2) is 10.0 Å². The molecule has 0 saturated heterocycles. The second-order valence-corrected chi connectivity index (χ2v) is 4.98. The number of rotatable bonds is 4. The Morgan fingerprint density at radius 1 is 1.40 bits per heavy atom. The zero-order valence-corrected chi connectivity index (χ0v) is 11.0. The molecule has 0 amide bonds. The molecule has 106 valence electrons. The summed E-state index contributed by atoms with van der Waals surface area (Å²) >= 11 is 0.802. The van der Waals surface area contributed by atoms with Crippen molar-refractivity contribution in [2.24, 2.45) is 0 Å². The highest BCUT2D eigenvalue weighted by molar-refractivity contribution is 7.14. The summed E-state index contributed by atoms with van der Waals surface area (Å²) in [4.78, 5) is 10.5. The van der Waals surface area contributed by atoms with Gasteiger partial charge in [0.2, 0.25) is 0 Å². The molecule has 0 aliphatic heterocycles. The Morgan fingerprint density at radius 2 is 2.10 bits per heavy atom. The molecule has 0 unspecified atom stereocenters. The topological polar surface area (TPSA) is 72.6 Å². The van der Waals surface area contributed by atoms with Crippen LogP contribution in [0.5, 0.6) is 10.8 Å². The van der Waals surface area contributed by atoms with E-state index in [1.54, 1.807) is 0 Å². The van der Waals surface area contributed by atoms with Gasteiger partial charge in [0.25, 0.3) is 5.06 Å². The zero-order valence-electron chi connectivity index (χ0n) is 10.2. The number of nitrogens with zero attached hydrogens (tertiary/aromatic N) is 1. The molecular weight excluding hydrogens is 292 g/mol. The van der Waals surface area contributed by atoms with Crippen molar-refractivity contribution in [1.29, 1.82) is 0 Å². The van der Waals surface area contributed by atoms with E-state index in [1.807, 2.05) is 0 Å². The fourth-order valence-corrected chi connectivity index (χ4v) is 2.37. The average Bonchev–Trinajstić information content (AvgIpc) is 2.78. The summed E-state index contributed by atoms with van der Waals surface area (Å²) in [6.45, 7) is 1.43. The number of hydrogen-bond acceptors (Lipinski definition) is 5. The standard InChI is InChI=1S/C12H9F2NO4S/c1-6(16)11-5-9(15(17)18)12(20-11)19-10-4-7(13)2-3-8(10)14/h2-6,16H,1H3/t6-/m0/s1. The van der Waals surface area contributed by atoms with Crippen molar-refractivity contribution in [1.82, 2.24) is 0 Å². The average molecular weight is 301 g/mol. The summed E-state index contributed by atoms with van der Waals surface area (Å²) in [6.07, 6.45) is -0.923. The second-order valence-electron chi connectivity index (χ2n) is 3.93. The van der Waals surface area contributed by atoms with E-state index in [-0.39, 0.29) is 5.06 Å². The largest absolute Gasteiger partial charge is 0.437 e. The zero-order chi connectivity index (χ0) is 14.9. The molecule has 1 N–H and O–H groups in total. The van der Waals surface area contributed by atoms with Crippen molar-refractivity contribution in [2.75, 3.05) is 0 Å². The number of thiophene rings is 1. The molecule has 0 saturated carbocycles. The molecule has 0 fully saturated rings. The molecule has 0 spiro atoms. The molecule has 1 aromatic carbocycles. The third kappa shape index (κ3) is 2.91. The van der Waals surface area contributed by atoms with Gasteiger partial charge in [0.1, 0.15) is 5.82 Å². The van der Waals surface area contributed by atoms with Gasteiger partial charge in [-0.2, -0.15) is 0 Å². The Labute approximate surface area is 116 Å². The minimum absolute atomic E-state index is 0.213. The number of aliphatic hydroxyl groups excluding tert-OH is 1. The maximum absolute atomic E-state index is 13.4. The summed E-state index contributed by atoms with van der Waals surface area (Å²) in [5, 5.41) is 20.1. The fraction of sp³-hybridized carbons (Fsp3) is 0.167. The van der Waals surface area contributed by atoms with Crippen LogP contribution in [0.2, 0.25) is 0 Å². The van der Waals surface area contributed by atoms with Crippen LogP contribution < -0.4 is 4.74 Å². The van der Waals surface area contributed by atoms with Gasteiger partial charge in [-0.3, -0.25) is 10.1 Å². The van der Waals surface area contributed by atoms with Crippen molar-refractivity contribution in [3.8, 4) is 10.8 Å². The van der Waals surface area contributed by atoms with Gasteiger partial charge in [0.15, 0.2) is 11.6 Å². The summed E-state index contributed by atoms with van der Waals surface area (Å²) in [5.74, 6) is -2.02. The second kappa shape index (κ2) is 5.51. The highest BCUT2D eigenvalue weighted by atomic mass is 32.1. The van der Waals surface area contributed by atoms with Crippen LogP contribution in [0.1, 0.15) is 17.9 Å². The third-order valence-corrected chi connectivity index (χ3v) is 3.58. The quantitative estimate of drug-likeness (QED) is 0.689. The maximum atomic E-state index is 13.4. The lowest BCUT2D eigenvalue weighted by atomic mass is 10.3. The summed E-state index contributed by atoms with van der Waals surface area (Å²) in [7, 11) is 0. The molecule has 1 heterocycles. The van der Waals surface area contributed by atoms with E-state index >= 15 is 0 Å². The molecule has 0 aliphatic rings. The Balaban J connectivity index is 2.42. The Kier molecular flexibility index (Phi) is 3.96. The van der Waals surface area contributed by atoms with Crippen LogP contribution in [0, 0.1) is 21.7 Å². The summed E-state index contributed by atoms with van der Waals surface area (Å²) < 4.78 is 31.5. The Bertz CT molecular complexity index is 657. The summed E-state index contributed by atoms with van der Waals surface area (Å²) in [5.41, 5.74) is -0.408. The fourth-order valence-electron chi connectivity index (χ4n) is 1.44. The van der Waals surface area contributed by atoms with E-state index < -0.39 is 34.1 Å². The molecular formula is C12H9F2NO4S. The monoisotopic (exact) mass is 301 g/mol. The lowest BCUT2D eigenvalue weighted by Gasteiger charge is -2.04. The molecule has 2 aromatic rings. The number of nitro groups is 1. The third-order valence-electron chi connectivity index (χ3n) is 2.40. The minimum atomic E-state index is -0.923. The SMILES string of the molecule is C[C@H](O)c1cc([N+](=O)[O-])c(Oc2cc(F)ccc2F)s1. The number of ether oxygens (including phenoxy) is 1. The lowest BCUT2D eigenvalue weighted by Crippen LogP contribution is -1.92. The first-order valence-electron chi connectivity index (χ1n) is 5.47. The van der Waals surface area contributed by atoms with Crippen molar-refractivity contribution in [3.63, 3.8) is 0 Å². The minimum Gasteiger partial charge on any atom is -0.437 e. The molecule has 8 heteroatoms. The van der Waals surface area contributed by atoms with Crippen LogP contribution in [0.25, 0.3) is 0 Å². The van der Waals surface area contributed by atoms with Crippen molar-refractivity contribution < 1.29 is 23.5 Å². The highest BCUT2D eigenvalue weighted by Crippen LogP contribution is 2.42. The molecule has 2 rings (SSSR count).